The highest BCUT2D eigenvalue weighted by Gasteiger charge is 2.29. The van der Waals surface area contributed by atoms with Crippen molar-refractivity contribution in [2.24, 2.45) is 0 Å². The molecule has 0 amide bonds. The lowest BCUT2D eigenvalue weighted by molar-refractivity contribution is 0.383. The number of benzene rings is 1. The van der Waals surface area contributed by atoms with Crippen molar-refractivity contribution in [2.75, 3.05) is 31.1 Å². The maximum absolute atomic E-state index is 13.0. The number of hydrogen-bond donors (Lipinski definition) is 0. The molecule has 1 fully saturated rings. The number of nitrogens with zero attached hydrogens (tertiary/aromatic N) is 5. The summed E-state index contributed by atoms with van der Waals surface area (Å²) in [5.41, 5.74) is 3.58. The maximum atomic E-state index is 13.0. The van der Waals surface area contributed by atoms with Crippen molar-refractivity contribution in [3.8, 4) is 11.3 Å². The first-order valence-electron chi connectivity index (χ1n) is 9.51. The smallest absolute Gasteiger partial charge is 0.243 e. The van der Waals surface area contributed by atoms with Gasteiger partial charge in [0, 0.05) is 44.1 Å². The third-order valence-corrected chi connectivity index (χ3v) is 6.88. The van der Waals surface area contributed by atoms with Gasteiger partial charge in [-0.25, -0.2) is 8.42 Å². The number of aryl methyl sites for hydroxylation is 2. The molecule has 0 saturated carbocycles. The molecule has 150 valence electrons. The number of anilines is 1. The van der Waals surface area contributed by atoms with Gasteiger partial charge in [-0.15, -0.1) is 10.2 Å². The Morgan fingerprint density at radius 1 is 0.897 bits per heavy atom. The molecule has 1 saturated heterocycles. The van der Waals surface area contributed by atoms with Crippen LogP contribution in [0.3, 0.4) is 0 Å². The zero-order valence-electron chi connectivity index (χ0n) is 16.5. The molecule has 0 unspecified atom stereocenters. The molecule has 3 heterocycles. The van der Waals surface area contributed by atoms with Crippen LogP contribution in [0.4, 0.5) is 5.82 Å². The minimum absolute atomic E-state index is 0.365. The van der Waals surface area contributed by atoms with Gasteiger partial charge in [0.2, 0.25) is 10.0 Å². The fourth-order valence-electron chi connectivity index (χ4n) is 3.55. The monoisotopic (exact) mass is 409 g/mol. The quantitative estimate of drug-likeness (QED) is 0.659. The van der Waals surface area contributed by atoms with E-state index in [1.54, 1.807) is 28.8 Å². The summed E-state index contributed by atoms with van der Waals surface area (Å²) < 4.78 is 27.6. The van der Waals surface area contributed by atoms with E-state index in [1.807, 2.05) is 44.2 Å². The van der Waals surface area contributed by atoms with Gasteiger partial charge in [-0.3, -0.25) is 4.98 Å². The normalized spacial score (nSPS) is 15.4. The summed E-state index contributed by atoms with van der Waals surface area (Å²) in [6.07, 6.45) is 3.47. The third kappa shape index (κ3) is 4.13. The van der Waals surface area contributed by atoms with E-state index in [0.717, 1.165) is 28.2 Å². The third-order valence-electron chi connectivity index (χ3n) is 5.00. The van der Waals surface area contributed by atoms with Crippen LogP contribution >= 0.6 is 0 Å². The Bertz CT molecular complexity index is 1070. The highest BCUT2D eigenvalue weighted by Crippen LogP contribution is 2.23. The molecule has 4 rings (SSSR count). The molecule has 0 bridgehead atoms. The fourth-order valence-corrected chi connectivity index (χ4v) is 5.16. The van der Waals surface area contributed by atoms with Crippen molar-refractivity contribution in [3.05, 3.63) is 66.0 Å². The first-order chi connectivity index (χ1) is 13.9. The number of aromatic nitrogens is 3. The van der Waals surface area contributed by atoms with Crippen LogP contribution < -0.4 is 4.90 Å². The van der Waals surface area contributed by atoms with Crippen LogP contribution in [0.25, 0.3) is 11.3 Å². The van der Waals surface area contributed by atoms with Crippen LogP contribution in [-0.2, 0) is 10.0 Å². The lowest BCUT2D eigenvalue weighted by Gasteiger charge is -2.34. The van der Waals surface area contributed by atoms with Crippen LogP contribution in [0.1, 0.15) is 11.1 Å². The Morgan fingerprint density at radius 2 is 1.62 bits per heavy atom. The lowest BCUT2D eigenvalue weighted by atomic mass is 10.2. The molecular formula is C21H23N5O2S. The summed E-state index contributed by atoms with van der Waals surface area (Å²) in [7, 11) is -3.49. The second kappa shape index (κ2) is 7.88. The van der Waals surface area contributed by atoms with Gasteiger partial charge in [0.25, 0.3) is 0 Å². The van der Waals surface area contributed by atoms with E-state index in [4.69, 9.17) is 0 Å². The summed E-state index contributed by atoms with van der Waals surface area (Å²) in [5, 5.41) is 8.62. The first-order valence-corrected chi connectivity index (χ1v) is 10.9. The van der Waals surface area contributed by atoms with Crippen molar-refractivity contribution in [3.63, 3.8) is 0 Å². The van der Waals surface area contributed by atoms with Gasteiger partial charge in [0.1, 0.15) is 0 Å². The van der Waals surface area contributed by atoms with Gasteiger partial charge in [-0.2, -0.15) is 4.31 Å². The molecule has 1 aliphatic heterocycles. The largest absolute Gasteiger partial charge is 0.352 e. The summed E-state index contributed by atoms with van der Waals surface area (Å²) >= 11 is 0. The second-order valence-corrected chi connectivity index (χ2v) is 9.17. The van der Waals surface area contributed by atoms with Crippen LogP contribution in [0.5, 0.6) is 0 Å². The van der Waals surface area contributed by atoms with Crippen LogP contribution in [0.2, 0.25) is 0 Å². The minimum atomic E-state index is -3.49. The average molecular weight is 410 g/mol. The molecule has 0 aliphatic carbocycles. The lowest BCUT2D eigenvalue weighted by Crippen LogP contribution is -2.49. The van der Waals surface area contributed by atoms with Crippen molar-refractivity contribution >= 4 is 15.8 Å². The van der Waals surface area contributed by atoms with Gasteiger partial charge in [0.05, 0.1) is 10.6 Å². The van der Waals surface area contributed by atoms with Gasteiger partial charge in [0.15, 0.2) is 5.82 Å². The van der Waals surface area contributed by atoms with Gasteiger partial charge < -0.3 is 4.90 Å². The molecule has 8 heteroatoms. The predicted octanol–water partition coefficient (Wildman–Crippen LogP) is 2.67. The molecule has 7 nitrogen and oxygen atoms in total. The molecular weight excluding hydrogens is 386 g/mol. The highest BCUT2D eigenvalue weighted by atomic mass is 32.2. The Morgan fingerprint density at radius 3 is 2.21 bits per heavy atom. The standard InChI is InChI=1S/C21H23N5O2S/c1-16-12-17(2)14-19(13-16)29(27,28)26-10-8-25(9-11-26)21-6-5-20(23-24-21)18-4-3-7-22-15-18/h3-7,12-15H,8-11H2,1-2H3. The van der Waals surface area contributed by atoms with Crippen molar-refractivity contribution in [1.82, 2.24) is 19.5 Å². The van der Waals surface area contributed by atoms with E-state index >= 15 is 0 Å². The molecule has 1 aromatic carbocycles. The van der Waals surface area contributed by atoms with Crippen molar-refractivity contribution in [1.29, 1.82) is 0 Å². The fraction of sp³-hybridized carbons (Fsp3) is 0.286. The Balaban J connectivity index is 1.45. The zero-order chi connectivity index (χ0) is 20.4. The van der Waals surface area contributed by atoms with Crippen LogP contribution in [-0.4, -0.2) is 54.1 Å². The Hall–Kier alpha value is -2.84. The van der Waals surface area contributed by atoms with Gasteiger partial charge >= 0.3 is 0 Å². The molecule has 0 atom stereocenters. The molecule has 1 aliphatic rings. The molecule has 2 aromatic heterocycles. The summed E-state index contributed by atoms with van der Waals surface area (Å²) in [5.74, 6) is 0.751. The van der Waals surface area contributed by atoms with Gasteiger partial charge in [-0.05, 0) is 61.4 Å². The van der Waals surface area contributed by atoms with Crippen molar-refractivity contribution in [2.45, 2.75) is 18.7 Å². The summed E-state index contributed by atoms with van der Waals surface area (Å²) in [6, 6.07) is 13.1. The van der Waals surface area contributed by atoms with E-state index in [2.05, 4.69) is 20.1 Å². The molecule has 29 heavy (non-hydrogen) atoms. The van der Waals surface area contributed by atoms with Crippen molar-refractivity contribution < 1.29 is 8.42 Å². The number of sulfonamides is 1. The molecule has 0 radical (unpaired) electrons. The molecule has 0 N–H and O–H groups in total. The van der Waals surface area contributed by atoms with Gasteiger partial charge in [-0.1, -0.05) is 6.07 Å². The maximum Gasteiger partial charge on any atom is 0.243 e. The molecule has 0 spiro atoms. The van der Waals surface area contributed by atoms with E-state index in [-0.39, 0.29) is 0 Å². The Kier molecular flexibility index (Phi) is 5.29. The van der Waals surface area contributed by atoms with Crippen LogP contribution in [0, 0.1) is 13.8 Å². The zero-order valence-corrected chi connectivity index (χ0v) is 17.3. The first kappa shape index (κ1) is 19.5. The van der Waals surface area contributed by atoms with E-state index in [9.17, 15) is 8.42 Å². The number of rotatable bonds is 4. The van der Waals surface area contributed by atoms with E-state index in [1.165, 1.54) is 0 Å². The number of pyridine rings is 1. The number of hydrogen-bond acceptors (Lipinski definition) is 6. The topological polar surface area (TPSA) is 79.3 Å². The van der Waals surface area contributed by atoms with E-state index in [0.29, 0.717) is 31.1 Å². The minimum Gasteiger partial charge on any atom is -0.352 e. The van der Waals surface area contributed by atoms with E-state index < -0.39 is 10.0 Å². The summed E-state index contributed by atoms with van der Waals surface area (Å²) in [6.45, 7) is 5.81. The molecule has 3 aromatic rings. The Labute approximate surface area is 171 Å². The highest BCUT2D eigenvalue weighted by molar-refractivity contribution is 7.89. The summed E-state index contributed by atoms with van der Waals surface area (Å²) in [4.78, 5) is 6.53. The number of piperazine rings is 1. The van der Waals surface area contributed by atoms with Crippen LogP contribution in [0.15, 0.2) is 59.8 Å². The SMILES string of the molecule is Cc1cc(C)cc(S(=O)(=O)N2CCN(c3ccc(-c4cccnc4)nn3)CC2)c1. The predicted molar refractivity (Wildman–Crippen MR) is 112 cm³/mol. The average Bonchev–Trinajstić information content (AvgIpc) is 2.74. The second-order valence-electron chi connectivity index (χ2n) is 7.23.